The Morgan fingerprint density at radius 2 is 1.88 bits per heavy atom. The summed E-state index contributed by atoms with van der Waals surface area (Å²) in [6, 6.07) is 10.8. The third-order valence-corrected chi connectivity index (χ3v) is 9.94. The van der Waals surface area contributed by atoms with Gasteiger partial charge in [0.2, 0.25) is 5.91 Å². The SMILES string of the molecule is CCC(=O)CCCCC[C@H](NC(=O)[C@]1(C)CC12CCN(C(C)C)CC2)c1ncc(-c2ccc3nc(C)ccc3c2)[nH]1. The van der Waals surface area contributed by atoms with Crippen LogP contribution in [0, 0.1) is 17.8 Å². The van der Waals surface area contributed by atoms with Crippen LogP contribution in [0.5, 0.6) is 0 Å². The number of pyridine rings is 1. The lowest BCUT2D eigenvalue weighted by Gasteiger charge is -2.37. The largest absolute Gasteiger partial charge is 0.346 e. The number of benzene rings is 1. The monoisotopic (exact) mass is 557 g/mol. The van der Waals surface area contributed by atoms with E-state index in [0.717, 1.165) is 91.7 Å². The topological polar surface area (TPSA) is 91.0 Å². The molecule has 220 valence electrons. The van der Waals surface area contributed by atoms with Crippen molar-refractivity contribution in [2.24, 2.45) is 10.8 Å². The number of H-pyrrole nitrogens is 1. The maximum absolute atomic E-state index is 13.8. The highest BCUT2D eigenvalue weighted by molar-refractivity contribution is 5.87. The molecule has 3 heterocycles. The van der Waals surface area contributed by atoms with E-state index in [1.807, 2.05) is 32.2 Å². The smallest absolute Gasteiger partial charge is 0.227 e. The lowest BCUT2D eigenvalue weighted by Crippen LogP contribution is -2.43. The standard InChI is InChI=1S/C34H47N5O2/c1-6-27(40)10-8-7-9-11-29(38-32(41)33(5)22-34(33)16-18-39(19-17-34)23(2)3)31-35-21-30(37-31)26-14-15-28-25(20-26)13-12-24(4)36-28/h12-15,20-21,23,29H,6-11,16-19,22H2,1-5H3,(H,35,37)(H,38,41)/t29-,33-/m0/s1. The first kappa shape index (κ1) is 29.4. The van der Waals surface area contributed by atoms with Crippen LogP contribution in [-0.4, -0.2) is 50.7 Å². The first-order valence-electron chi connectivity index (χ1n) is 15.6. The lowest BCUT2D eigenvalue weighted by molar-refractivity contribution is -0.128. The van der Waals surface area contributed by atoms with Gasteiger partial charge in [-0.05, 0) is 89.6 Å². The van der Waals surface area contributed by atoms with Crippen molar-refractivity contribution in [3.8, 4) is 11.3 Å². The molecule has 7 heteroatoms. The zero-order chi connectivity index (χ0) is 29.2. The van der Waals surface area contributed by atoms with Gasteiger partial charge in [-0.25, -0.2) is 4.98 Å². The molecule has 7 nitrogen and oxygen atoms in total. The molecule has 1 aliphatic carbocycles. The molecule has 0 bridgehead atoms. The number of piperidine rings is 1. The van der Waals surface area contributed by atoms with Gasteiger partial charge in [0.1, 0.15) is 11.6 Å². The number of ketones is 1. The molecule has 2 aromatic heterocycles. The second-order valence-corrected chi connectivity index (χ2v) is 13.0. The van der Waals surface area contributed by atoms with E-state index in [-0.39, 0.29) is 22.8 Å². The normalized spacial score (nSPS) is 20.9. The van der Waals surface area contributed by atoms with Crippen LogP contribution in [0.4, 0.5) is 0 Å². The van der Waals surface area contributed by atoms with E-state index in [9.17, 15) is 9.59 Å². The highest BCUT2D eigenvalue weighted by Gasteiger charge is 2.68. The summed E-state index contributed by atoms with van der Waals surface area (Å²) in [5.41, 5.74) is 3.77. The zero-order valence-electron chi connectivity index (χ0n) is 25.6. The molecule has 2 aliphatic rings. The molecule has 2 atom stereocenters. The van der Waals surface area contributed by atoms with Crippen LogP contribution in [0.15, 0.2) is 36.5 Å². The molecule has 1 saturated carbocycles. The molecule has 1 aromatic carbocycles. The van der Waals surface area contributed by atoms with Crippen LogP contribution in [-0.2, 0) is 9.59 Å². The summed E-state index contributed by atoms with van der Waals surface area (Å²) in [4.78, 5) is 41.1. The minimum absolute atomic E-state index is 0.124. The number of likely N-dealkylation sites (tertiary alicyclic amines) is 1. The molecule has 3 aromatic rings. The second-order valence-electron chi connectivity index (χ2n) is 13.0. The number of carbonyl (C=O) groups is 2. The Labute approximate surface area is 244 Å². The minimum Gasteiger partial charge on any atom is -0.346 e. The molecule has 0 unspecified atom stereocenters. The van der Waals surface area contributed by atoms with Crippen molar-refractivity contribution in [2.45, 2.75) is 104 Å². The van der Waals surface area contributed by atoms with E-state index in [2.05, 4.69) is 59.2 Å². The number of unbranched alkanes of at least 4 members (excludes halogenated alkanes) is 2. The molecule has 41 heavy (non-hydrogen) atoms. The number of aryl methyl sites for hydroxylation is 1. The molecule has 1 saturated heterocycles. The van der Waals surface area contributed by atoms with E-state index in [0.29, 0.717) is 24.7 Å². The second kappa shape index (κ2) is 12.0. The van der Waals surface area contributed by atoms with Crippen molar-refractivity contribution in [3.05, 3.63) is 48.0 Å². The number of imidazole rings is 1. The average molecular weight is 558 g/mol. The van der Waals surface area contributed by atoms with Gasteiger partial charge in [-0.15, -0.1) is 0 Å². The molecule has 1 aliphatic heterocycles. The Bertz CT molecular complexity index is 1390. The predicted molar refractivity (Wildman–Crippen MR) is 164 cm³/mol. The van der Waals surface area contributed by atoms with Gasteiger partial charge in [0.05, 0.1) is 28.9 Å². The highest BCUT2D eigenvalue weighted by atomic mass is 16.2. The zero-order valence-corrected chi connectivity index (χ0v) is 25.6. The van der Waals surface area contributed by atoms with Gasteiger partial charge in [-0.2, -0.15) is 0 Å². The number of nitrogens with zero attached hydrogens (tertiary/aromatic N) is 3. The average Bonchev–Trinajstić information content (AvgIpc) is 3.29. The van der Waals surface area contributed by atoms with Crippen molar-refractivity contribution in [1.29, 1.82) is 0 Å². The lowest BCUT2D eigenvalue weighted by atomic mass is 9.84. The number of amides is 1. The van der Waals surface area contributed by atoms with Gasteiger partial charge >= 0.3 is 0 Å². The van der Waals surface area contributed by atoms with Crippen molar-refractivity contribution in [3.63, 3.8) is 0 Å². The summed E-state index contributed by atoms with van der Waals surface area (Å²) in [7, 11) is 0. The molecular weight excluding hydrogens is 510 g/mol. The van der Waals surface area contributed by atoms with Crippen molar-refractivity contribution in [2.75, 3.05) is 13.1 Å². The Morgan fingerprint density at radius 3 is 2.61 bits per heavy atom. The van der Waals surface area contributed by atoms with Crippen LogP contribution in [0.1, 0.15) is 103 Å². The van der Waals surface area contributed by atoms with Crippen LogP contribution in [0.2, 0.25) is 0 Å². The summed E-state index contributed by atoms with van der Waals surface area (Å²) in [5.74, 6) is 1.28. The fourth-order valence-corrected chi connectivity index (χ4v) is 6.83. The summed E-state index contributed by atoms with van der Waals surface area (Å²) in [6.07, 6.45) is 9.86. The van der Waals surface area contributed by atoms with Crippen LogP contribution >= 0.6 is 0 Å². The molecule has 5 rings (SSSR count). The van der Waals surface area contributed by atoms with Gasteiger partial charge in [0.25, 0.3) is 0 Å². The van der Waals surface area contributed by atoms with Gasteiger partial charge < -0.3 is 15.2 Å². The number of aromatic nitrogens is 3. The number of nitrogens with one attached hydrogen (secondary N) is 2. The predicted octanol–water partition coefficient (Wildman–Crippen LogP) is 6.92. The van der Waals surface area contributed by atoms with Gasteiger partial charge in [-0.1, -0.05) is 38.8 Å². The van der Waals surface area contributed by atoms with Gasteiger partial charge in [0.15, 0.2) is 0 Å². The highest BCUT2D eigenvalue weighted by Crippen LogP contribution is 2.69. The maximum Gasteiger partial charge on any atom is 0.227 e. The molecule has 2 fully saturated rings. The Hall–Kier alpha value is -3.06. The van der Waals surface area contributed by atoms with E-state index >= 15 is 0 Å². The number of rotatable bonds is 12. The third kappa shape index (κ3) is 6.25. The van der Waals surface area contributed by atoms with Crippen molar-refractivity contribution >= 4 is 22.6 Å². The van der Waals surface area contributed by atoms with Crippen molar-refractivity contribution < 1.29 is 9.59 Å². The molecular formula is C34H47N5O2. The van der Waals surface area contributed by atoms with Crippen LogP contribution in [0.25, 0.3) is 22.2 Å². The van der Waals surface area contributed by atoms with E-state index in [1.54, 1.807) is 0 Å². The Balaban J connectivity index is 1.30. The third-order valence-electron chi connectivity index (χ3n) is 9.94. The maximum atomic E-state index is 13.8. The number of hydrogen-bond acceptors (Lipinski definition) is 5. The summed E-state index contributed by atoms with van der Waals surface area (Å²) in [5, 5.41) is 4.52. The van der Waals surface area contributed by atoms with Gasteiger partial charge in [0, 0.05) is 35.5 Å². The first-order chi connectivity index (χ1) is 19.6. The fourth-order valence-electron chi connectivity index (χ4n) is 6.83. The molecule has 1 spiro atoms. The molecule has 1 amide bonds. The van der Waals surface area contributed by atoms with Crippen LogP contribution in [0.3, 0.4) is 0 Å². The minimum atomic E-state index is -0.319. The number of aromatic amines is 1. The molecule has 2 N–H and O–H groups in total. The summed E-state index contributed by atoms with van der Waals surface area (Å²) < 4.78 is 0. The fraction of sp³-hybridized carbons (Fsp3) is 0.588. The Kier molecular flexibility index (Phi) is 8.65. The number of carbonyl (C=O) groups excluding carboxylic acids is 2. The first-order valence-corrected chi connectivity index (χ1v) is 15.6. The van der Waals surface area contributed by atoms with Gasteiger partial charge in [-0.3, -0.25) is 14.6 Å². The number of Topliss-reactive ketones (excluding diaryl/α,β-unsaturated/α-hetero) is 1. The molecule has 0 radical (unpaired) electrons. The van der Waals surface area contributed by atoms with Crippen LogP contribution < -0.4 is 5.32 Å². The number of fused-ring (bicyclic) bond motifs is 1. The van der Waals surface area contributed by atoms with Crippen molar-refractivity contribution in [1.82, 2.24) is 25.2 Å². The van der Waals surface area contributed by atoms with E-state index in [1.165, 1.54) is 0 Å². The summed E-state index contributed by atoms with van der Waals surface area (Å²) >= 11 is 0. The number of hydrogen-bond donors (Lipinski definition) is 2. The van der Waals surface area contributed by atoms with E-state index < -0.39 is 0 Å². The quantitative estimate of drug-likeness (QED) is 0.236. The van der Waals surface area contributed by atoms with E-state index in [4.69, 9.17) is 4.98 Å². The Morgan fingerprint density at radius 1 is 1.10 bits per heavy atom. The summed E-state index contributed by atoms with van der Waals surface area (Å²) in [6.45, 7) is 12.8.